The molecule has 0 fully saturated rings. The van der Waals surface area contributed by atoms with Gasteiger partial charge in [0.15, 0.2) is 0 Å². The van der Waals surface area contributed by atoms with Crippen LogP contribution in [0.15, 0.2) is 18.5 Å². The number of nitrogens with zero attached hydrogens (tertiary/aromatic N) is 3. The second kappa shape index (κ2) is 7.31. The summed E-state index contributed by atoms with van der Waals surface area (Å²) in [5, 5.41) is 15.4. The van der Waals surface area contributed by atoms with E-state index in [1.165, 1.54) is 4.90 Å². The van der Waals surface area contributed by atoms with E-state index in [4.69, 9.17) is 5.11 Å². The third-order valence-electron chi connectivity index (χ3n) is 2.39. The van der Waals surface area contributed by atoms with Crippen LogP contribution in [0.25, 0.3) is 0 Å². The summed E-state index contributed by atoms with van der Waals surface area (Å²) < 4.78 is 1.78. The number of carboxylic acids is 1. The third-order valence-corrected chi connectivity index (χ3v) is 2.39. The van der Waals surface area contributed by atoms with Crippen LogP contribution < -0.4 is 5.32 Å². The Kier molecular flexibility index (Phi) is 5.69. The van der Waals surface area contributed by atoms with Gasteiger partial charge in [0.2, 0.25) is 0 Å². The van der Waals surface area contributed by atoms with E-state index in [2.05, 4.69) is 10.4 Å². The molecule has 7 heteroatoms. The molecule has 1 rings (SSSR count). The van der Waals surface area contributed by atoms with E-state index in [1.54, 1.807) is 17.8 Å². The van der Waals surface area contributed by atoms with Crippen molar-refractivity contribution in [3.05, 3.63) is 18.5 Å². The number of carbonyl (C=O) groups is 2. The molecule has 1 heterocycles. The molecule has 7 nitrogen and oxygen atoms in total. The minimum absolute atomic E-state index is 0.276. The van der Waals surface area contributed by atoms with E-state index < -0.39 is 5.97 Å². The smallest absolute Gasteiger partial charge is 0.323 e. The second-order valence-electron chi connectivity index (χ2n) is 3.76. The monoisotopic (exact) mass is 254 g/mol. The summed E-state index contributed by atoms with van der Waals surface area (Å²) in [5.74, 6) is -1.01. The minimum atomic E-state index is -1.01. The van der Waals surface area contributed by atoms with Crippen molar-refractivity contribution in [3.8, 4) is 0 Å². The number of hydrogen-bond acceptors (Lipinski definition) is 3. The highest BCUT2D eigenvalue weighted by Gasteiger charge is 2.13. The molecule has 1 aromatic rings. The van der Waals surface area contributed by atoms with Crippen molar-refractivity contribution < 1.29 is 14.7 Å². The molecule has 0 atom stereocenters. The number of carbonyl (C=O) groups excluding carboxylic acids is 1. The van der Waals surface area contributed by atoms with Gasteiger partial charge in [0, 0.05) is 32.0 Å². The van der Waals surface area contributed by atoms with Crippen molar-refractivity contribution in [2.24, 2.45) is 0 Å². The zero-order valence-electron chi connectivity index (χ0n) is 10.4. The van der Waals surface area contributed by atoms with Crippen LogP contribution in [0.5, 0.6) is 0 Å². The predicted molar refractivity (Wildman–Crippen MR) is 65.1 cm³/mol. The van der Waals surface area contributed by atoms with Gasteiger partial charge in [-0.25, -0.2) is 4.79 Å². The number of aryl methyl sites for hydroxylation is 1. The molecule has 0 spiro atoms. The molecule has 0 aromatic carbocycles. The Balaban J connectivity index is 2.21. The number of likely N-dealkylation sites (N-methyl/N-ethyl adjacent to an activating group) is 1. The fourth-order valence-electron chi connectivity index (χ4n) is 1.47. The van der Waals surface area contributed by atoms with Crippen molar-refractivity contribution in [1.82, 2.24) is 20.0 Å². The van der Waals surface area contributed by atoms with Gasteiger partial charge in [-0.05, 0) is 19.4 Å². The molecule has 0 aliphatic carbocycles. The number of amides is 2. The van der Waals surface area contributed by atoms with Crippen LogP contribution in [-0.2, 0) is 11.3 Å². The van der Waals surface area contributed by atoms with Crippen LogP contribution in [0.3, 0.4) is 0 Å². The summed E-state index contributed by atoms with van der Waals surface area (Å²) in [6.45, 7) is 3.05. The summed E-state index contributed by atoms with van der Waals surface area (Å²) >= 11 is 0. The number of urea groups is 1. The van der Waals surface area contributed by atoms with E-state index in [0.29, 0.717) is 13.1 Å². The summed E-state index contributed by atoms with van der Waals surface area (Å²) in [6.07, 6.45) is 4.30. The van der Waals surface area contributed by atoms with E-state index in [0.717, 1.165) is 13.0 Å². The molecule has 0 bridgehead atoms. The lowest BCUT2D eigenvalue weighted by atomic mass is 10.4. The molecule has 0 saturated heterocycles. The van der Waals surface area contributed by atoms with Crippen molar-refractivity contribution in [3.63, 3.8) is 0 Å². The third kappa shape index (κ3) is 4.86. The van der Waals surface area contributed by atoms with E-state index >= 15 is 0 Å². The van der Waals surface area contributed by atoms with Crippen molar-refractivity contribution in [2.45, 2.75) is 19.9 Å². The van der Waals surface area contributed by atoms with Gasteiger partial charge >= 0.3 is 12.0 Å². The van der Waals surface area contributed by atoms with Gasteiger partial charge in [-0.2, -0.15) is 5.10 Å². The fourth-order valence-corrected chi connectivity index (χ4v) is 1.47. The van der Waals surface area contributed by atoms with Gasteiger partial charge in [-0.15, -0.1) is 0 Å². The first-order valence-electron chi connectivity index (χ1n) is 5.85. The van der Waals surface area contributed by atoms with Gasteiger partial charge in [0.1, 0.15) is 6.54 Å². The Morgan fingerprint density at radius 3 is 2.83 bits per heavy atom. The second-order valence-corrected chi connectivity index (χ2v) is 3.76. The van der Waals surface area contributed by atoms with Crippen LogP contribution >= 0.6 is 0 Å². The zero-order valence-corrected chi connectivity index (χ0v) is 10.4. The Morgan fingerprint density at radius 1 is 1.50 bits per heavy atom. The molecular formula is C11H18N4O3. The maximum Gasteiger partial charge on any atom is 0.323 e. The highest BCUT2D eigenvalue weighted by molar-refractivity contribution is 5.79. The number of aromatic nitrogens is 2. The Bertz CT molecular complexity index is 378. The van der Waals surface area contributed by atoms with Gasteiger partial charge in [0.05, 0.1) is 0 Å². The standard InChI is InChI=1S/C11H18N4O3/c1-2-14(9-10(16)17)11(18)12-5-3-7-15-8-4-6-13-15/h4,6,8H,2-3,5,7,9H2,1H3,(H,12,18)(H,16,17). The summed E-state index contributed by atoms with van der Waals surface area (Å²) in [7, 11) is 0. The van der Waals surface area contributed by atoms with E-state index in [-0.39, 0.29) is 12.6 Å². The highest BCUT2D eigenvalue weighted by atomic mass is 16.4. The Labute approximate surface area is 105 Å². The lowest BCUT2D eigenvalue weighted by molar-refractivity contribution is -0.137. The van der Waals surface area contributed by atoms with E-state index in [1.807, 2.05) is 12.3 Å². The van der Waals surface area contributed by atoms with Crippen LogP contribution in [0, 0.1) is 0 Å². The normalized spacial score (nSPS) is 10.1. The number of carboxylic acid groups (broad SMARTS) is 1. The lowest BCUT2D eigenvalue weighted by Crippen LogP contribution is -2.43. The molecule has 2 N–H and O–H groups in total. The van der Waals surface area contributed by atoms with Crippen LogP contribution in [0.4, 0.5) is 4.79 Å². The molecule has 0 aliphatic heterocycles. The Hall–Kier alpha value is -2.05. The first-order chi connectivity index (χ1) is 8.63. The molecule has 2 amide bonds. The van der Waals surface area contributed by atoms with Crippen LogP contribution in [0.2, 0.25) is 0 Å². The number of rotatable bonds is 7. The quantitative estimate of drug-likeness (QED) is 0.689. The molecule has 1 aromatic heterocycles. The first-order valence-corrected chi connectivity index (χ1v) is 5.85. The molecule has 0 saturated carbocycles. The lowest BCUT2D eigenvalue weighted by Gasteiger charge is -2.19. The van der Waals surface area contributed by atoms with Gasteiger partial charge in [-0.1, -0.05) is 0 Å². The van der Waals surface area contributed by atoms with Crippen molar-refractivity contribution >= 4 is 12.0 Å². The average molecular weight is 254 g/mol. The molecule has 18 heavy (non-hydrogen) atoms. The van der Waals surface area contributed by atoms with Gasteiger partial charge in [0.25, 0.3) is 0 Å². The summed E-state index contributed by atoms with van der Waals surface area (Å²) in [4.78, 5) is 23.4. The number of hydrogen-bond donors (Lipinski definition) is 2. The Morgan fingerprint density at radius 2 is 2.28 bits per heavy atom. The largest absolute Gasteiger partial charge is 0.480 e. The van der Waals surface area contributed by atoms with Crippen molar-refractivity contribution in [2.75, 3.05) is 19.6 Å². The summed E-state index contributed by atoms with van der Waals surface area (Å²) in [6, 6.07) is 1.49. The SMILES string of the molecule is CCN(CC(=O)O)C(=O)NCCCn1cccn1. The number of aliphatic carboxylic acids is 1. The molecule has 0 radical (unpaired) electrons. The number of nitrogens with one attached hydrogen (secondary N) is 1. The molecule has 0 aliphatic rings. The van der Waals surface area contributed by atoms with Gasteiger partial charge < -0.3 is 15.3 Å². The molecular weight excluding hydrogens is 236 g/mol. The maximum absolute atomic E-state index is 11.6. The zero-order chi connectivity index (χ0) is 13.4. The fraction of sp³-hybridized carbons (Fsp3) is 0.545. The highest BCUT2D eigenvalue weighted by Crippen LogP contribution is 1.91. The molecule has 100 valence electrons. The molecule has 0 unspecified atom stereocenters. The van der Waals surface area contributed by atoms with Gasteiger partial charge in [-0.3, -0.25) is 9.48 Å². The topological polar surface area (TPSA) is 87.5 Å². The van der Waals surface area contributed by atoms with Crippen molar-refractivity contribution in [1.29, 1.82) is 0 Å². The average Bonchev–Trinajstić information content (AvgIpc) is 2.84. The minimum Gasteiger partial charge on any atom is -0.480 e. The van der Waals surface area contributed by atoms with Crippen LogP contribution in [-0.4, -0.2) is 51.4 Å². The predicted octanol–water partition coefficient (Wildman–Crippen LogP) is 0.389. The maximum atomic E-state index is 11.6. The van der Waals surface area contributed by atoms with E-state index in [9.17, 15) is 9.59 Å². The first kappa shape index (κ1) is 14.0. The summed E-state index contributed by atoms with van der Waals surface area (Å²) in [5.41, 5.74) is 0. The van der Waals surface area contributed by atoms with Crippen LogP contribution in [0.1, 0.15) is 13.3 Å².